The number of nitriles is 1. The molecular weight excluding hydrogens is 216 g/mol. The fourth-order valence-electron chi connectivity index (χ4n) is 1.17. The summed E-state index contributed by atoms with van der Waals surface area (Å²) in [7, 11) is 1.52. The molecule has 0 aliphatic rings. The lowest BCUT2D eigenvalue weighted by Crippen LogP contribution is -2.09. The van der Waals surface area contributed by atoms with Gasteiger partial charge in [-0.2, -0.15) is 5.26 Å². The second kappa shape index (κ2) is 6.12. The van der Waals surface area contributed by atoms with Gasteiger partial charge in [0.25, 0.3) is 0 Å². The van der Waals surface area contributed by atoms with Crippen molar-refractivity contribution < 1.29 is 9.84 Å². The maximum absolute atomic E-state index is 9.55. The number of ether oxygens (including phenoxy) is 1. The van der Waals surface area contributed by atoms with Gasteiger partial charge in [0.15, 0.2) is 0 Å². The van der Waals surface area contributed by atoms with Crippen LogP contribution in [0.25, 0.3) is 0 Å². The molecule has 0 aliphatic carbocycles. The fraction of sp³-hybridized carbons (Fsp3) is 0.300. The van der Waals surface area contributed by atoms with E-state index in [9.17, 15) is 5.11 Å². The van der Waals surface area contributed by atoms with Crippen molar-refractivity contribution in [1.82, 2.24) is 0 Å². The van der Waals surface area contributed by atoms with Gasteiger partial charge < -0.3 is 15.6 Å². The summed E-state index contributed by atoms with van der Waals surface area (Å²) in [5, 5.41) is 18.0. The van der Waals surface area contributed by atoms with E-state index in [4.69, 9.17) is 15.7 Å². The van der Waals surface area contributed by atoms with E-state index in [-0.39, 0.29) is 24.6 Å². The van der Waals surface area contributed by atoms with Crippen LogP contribution in [-0.4, -0.2) is 12.2 Å². The van der Waals surface area contributed by atoms with Crippen LogP contribution in [0.5, 0.6) is 11.5 Å². The average molecular weight is 229 g/mol. The number of rotatable bonds is 3. The highest BCUT2D eigenvalue weighted by Gasteiger charge is 2.10. The zero-order valence-electron chi connectivity index (χ0n) is 8.30. The predicted octanol–water partition coefficient (Wildman–Crippen LogP) is 1.74. The maximum atomic E-state index is 9.55. The first-order valence-electron chi connectivity index (χ1n) is 4.18. The van der Waals surface area contributed by atoms with Crippen molar-refractivity contribution in [3.05, 3.63) is 23.8 Å². The molecule has 0 fully saturated rings. The monoisotopic (exact) mass is 228 g/mol. The van der Waals surface area contributed by atoms with E-state index in [0.717, 1.165) is 0 Å². The van der Waals surface area contributed by atoms with Gasteiger partial charge in [-0.1, -0.05) is 6.07 Å². The largest absolute Gasteiger partial charge is 0.507 e. The molecule has 0 radical (unpaired) electrons. The van der Waals surface area contributed by atoms with E-state index in [1.165, 1.54) is 13.2 Å². The summed E-state index contributed by atoms with van der Waals surface area (Å²) >= 11 is 0. The summed E-state index contributed by atoms with van der Waals surface area (Å²) in [6, 6.07) is 6.34. The molecule has 0 aliphatic heterocycles. The first kappa shape index (κ1) is 13.6. The highest BCUT2D eigenvalue weighted by molar-refractivity contribution is 5.85. The normalized spacial score (nSPS) is 11.0. The van der Waals surface area contributed by atoms with Crippen molar-refractivity contribution in [3.8, 4) is 17.6 Å². The molecule has 5 heteroatoms. The average Bonchev–Trinajstić information content (AvgIpc) is 2.17. The molecule has 0 saturated heterocycles. The summed E-state index contributed by atoms with van der Waals surface area (Å²) in [5.74, 6) is 0.627. The van der Waals surface area contributed by atoms with Crippen LogP contribution in [0.15, 0.2) is 18.2 Å². The van der Waals surface area contributed by atoms with Crippen LogP contribution in [0.3, 0.4) is 0 Å². The van der Waals surface area contributed by atoms with Crippen LogP contribution in [0, 0.1) is 11.3 Å². The lowest BCUT2D eigenvalue weighted by Gasteiger charge is -2.10. The molecule has 82 valence electrons. The number of aromatic hydroxyl groups is 1. The van der Waals surface area contributed by atoms with Crippen LogP contribution < -0.4 is 10.5 Å². The third-order valence-electron chi connectivity index (χ3n) is 1.95. The fourth-order valence-corrected chi connectivity index (χ4v) is 1.17. The lowest BCUT2D eigenvalue weighted by atomic mass is 10.0. The Hall–Kier alpha value is -1.44. The molecule has 1 aromatic rings. The summed E-state index contributed by atoms with van der Waals surface area (Å²) in [6.07, 6.45) is 0.180. The minimum Gasteiger partial charge on any atom is -0.507 e. The minimum atomic E-state index is -0.453. The Morgan fingerprint density at radius 1 is 1.60 bits per heavy atom. The van der Waals surface area contributed by atoms with Crippen molar-refractivity contribution in [2.45, 2.75) is 12.5 Å². The molecule has 0 saturated carbocycles. The Morgan fingerprint density at radius 2 is 2.27 bits per heavy atom. The van der Waals surface area contributed by atoms with Gasteiger partial charge in [0, 0.05) is 17.7 Å². The van der Waals surface area contributed by atoms with E-state index in [1.807, 2.05) is 6.07 Å². The molecule has 1 rings (SSSR count). The van der Waals surface area contributed by atoms with E-state index in [0.29, 0.717) is 11.3 Å². The number of nitrogens with zero attached hydrogens (tertiary/aromatic N) is 1. The molecule has 0 amide bonds. The van der Waals surface area contributed by atoms with Crippen molar-refractivity contribution >= 4 is 12.4 Å². The van der Waals surface area contributed by atoms with Gasteiger partial charge in [0.2, 0.25) is 0 Å². The smallest absolute Gasteiger partial charge is 0.124 e. The van der Waals surface area contributed by atoms with E-state index in [2.05, 4.69) is 0 Å². The summed E-state index contributed by atoms with van der Waals surface area (Å²) in [6.45, 7) is 0. The van der Waals surface area contributed by atoms with Gasteiger partial charge in [-0.05, 0) is 6.07 Å². The van der Waals surface area contributed by atoms with Gasteiger partial charge in [0.05, 0.1) is 19.6 Å². The van der Waals surface area contributed by atoms with Crippen LogP contribution >= 0.6 is 12.4 Å². The van der Waals surface area contributed by atoms with Crippen LogP contribution in [-0.2, 0) is 0 Å². The summed E-state index contributed by atoms with van der Waals surface area (Å²) in [5.41, 5.74) is 6.24. The number of benzene rings is 1. The zero-order valence-corrected chi connectivity index (χ0v) is 9.12. The first-order chi connectivity index (χ1) is 6.69. The third-order valence-corrected chi connectivity index (χ3v) is 1.95. The molecule has 3 N–H and O–H groups in total. The molecule has 0 bridgehead atoms. The number of phenolic OH excluding ortho intramolecular Hbond substituents is 1. The molecule has 0 heterocycles. The molecular formula is C10H13ClN2O2. The van der Waals surface area contributed by atoms with Crippen LogP contribution in [0.2, 0.25) is 0 Å². The van der Waals surface area contributed by atoms with E-state index >= 15 is 0 Å². The second-order valence-corrected chi connectivity index (χ2v) is 2.89. The molecule has 0 spiro atoms. The molecule has 15 heavy (non-hydrogen) atoms. The first-order valence-corrected chi connectivity index (χ1v) is 4.18. The van der Waals surface area contributed by atoms with Crippen molar-refractivity contribution in [3.63, 3.8) is 0 Å². The molecule has 0 aromatic heterocycles. The Kier molecular flexibility index (Phi) is 5.53. The zero-order chi connectivity index (χ0) is 10.6. The maximum Gasteiger partial charge on any atom is 0.124 e. The molecule has 1 aromatic carbocycles. The number of hydrogen-bond acceptors (Lipinski definition) is 4. The number of hydrogen-bond donors (Lipinski definition) is 2. The molecule has 4 nitrogen and oxygen atoms in total. The number of halogens is 1. The quantitative estimate of drug-likeness (QED) is 0.826. The predicted molar refractivity (Wildman–Crippen MR) is 59.1 cm³/mol. The van der Waals surface area contributed by atoms with E-state index in [1.54, 1.807) is 12.1 Å². The Bertz CT molecular complexity index is 363. The third kappa shape index (κ3) is 3.31. The highest BCUT2D eigenvalue weighted by Crippen LogP contribution is 2.28. The van der Waals surface area contributed by atoms with Crippen molar-refractivity contribution in [2.24, 2.45) is 5.73 Å². The second-order valence-electron chi connectivity index (χ2n) is 2.89. The lowest BCUT2D eigenvalue weighted by molar-refractivity contribution is 0.405. The topological polar surface area (TPSA) is 79.3 Å². The van der Waals surface area contributed by atoms with Crippen molar-refractivity contribution in [1.29, 1.82) is 5.26 Å². The Labute approximate surface area is 94.7 Å². The molecule has 1 atom stereocenters. The summed E-state index contributed by atoms with van der Waals surface area (Å²) in [4.78, 5) is 0. The highest BCUT2D eigenvalue weighted by atomic mass is 35.5. The van der Waals surface area contributed by atoms with Crippen molar-refractivity contribution in [2.75, 3.05) is 7.11 Å². The van der Waals surface area contributed by atoms with Gasteiger partial charge in [-0.15, -0.1) is 12.4 Å². The SMILES string of the molecule is COc1ccc([C@H](N)CC#N)c(O)c1.Cl. The molecule has 0 unspecified atom stereocenters. The Morgan fingerprint density at radius 3 is 2.73 bits per heavy atom. The summed E-state index contributed by atoms with van der Waals surface area (Å²) < 4.78 is 4.92. The number of nitrogens with two attached hydrogens (primary N) is 1. The minimum absolute atomic E-state index is 0. The van der Waals surface area contributed by atoms with Gasteiger partial charge in [0.1, 0.15) is 11.5 Å². The Balaban J connectivity index is 0.00000196. The standard InChI is InChI=1S/C10H12N2O2.ClH/c1-14-7-2-3-8(10(13)6-7)9(12)4-5-11;/h2-3,6,9,13H,4,12H2,1H3;1H/t9-;/m1./s1. The van der Waals surface area contributed by atoms with Crippen LogP contribution in [0.4, 0.5) is 0 Å². The van der Waals surface area contributed by atoms with E-state index < -0.39 is 6.04 Å². The number of methoxy groups -OCH3 is 1. The van der Waals surface area contributed by atoms with Crippen LogP contribution in [0.1, 0.15) is 18.0 Å². The van der Waals surface area contributed by atoms with Gasteiger partial charge in [-0.25, -0.2) is 0 Å². The number of phenols is 1. The van der Waals surface area contributed by atoms with Gasteiger partial charge >= 0.3 is 0 Å². The van der Waals surface area contributed by atoms with Gasteiger partial charge in [-0.3, -0.25) is 0 Å².